The summed E-state index contributed by atoms with van der Waals surface area (Å²) in [5.41, 5.74) is 3.83. The number of carbonyl (C=O) groups is 2. The van der Waals surface area contributed by atoms with Crippen LogP contribution >= 0.6 is 0 Å². The Morgan fingerprint density at radius 2 is 1.78 bits per heavy atom. The lowest BCUT2D eigenvalue weighted by Crippen LogP contribution is -2.37. The second-order valence-corrected chi connectivity index (χ2v) is 6.63. The van der Waals surface area contributed by atoms with Crippen molar-refractivity contribution in [3.05, 3.63) is 71.4 Å². The van der Waals surface area contributed by atoms with Gasteiger partial charge in [-0.15, -0.1) is 0 Å². The Morgan fingerprint density at radius 3 is 2.56 bits per heavy atom. The largest absolute Gasteiger partial charge is 0.480 e. The highest BCUT2D eigenvalue weighted by Crippen LogP contribution is 2.31. The third-order valence-electron chi connectivity index (χ3n) is 4.92. The van der Waals surface area contributed by atoms with E-state index in [0.717, 1.165) is 27.7 Å². The summed E-state index contributed by atoms with van der Waals surface area (Å²) in [6.07, 6.45) is 0.305. The van der Waals surface area contributed by atoms with Crippen LogP contribution in [0.25, 0.3) is 10.9 Å². The molecule has 1 aromatic heterocycles. The van der Waals surface area contributed by atoms with Gasteiger partial charge in [0, 0.05) is 23.1 Å². The van der Waals surface area contributed by atoms with Crippen LogP contribution in [-0.4, -0.2) is 33.2 Å². The molecule has 3 aromatic rings. The molecule has 0 radical (unpaired) electrons. The van der Waals surface area contributed by atoms with Gasteiger partial charge >= 0.3 is 12.1 Å². The van der Waals surface area contributed by atoms with Crippen LogP contribution in [0.2, 0.25) is 0 Å². The van der Waals surface area contributed by atoms with Gasteiger partial charge in [0.25, 0.3) is 0 Å². The van der Waals surface area contributed by atoms with Gasteiger partial charge in [-0.3, -0.25) is 4.79 Å². The van der Waals surface area contributed by atoms with Crippen molar-refractivity contribution >= 4 is 23.0 Å². The maximum Gasteiger partial charge on any atom is 0.410 e. The molecule has 1 aliphatic rings. The lowest BCUT2D eigenvalue weighted by molar-refractivity contribution is -0.137. The van der Waals surface area contributed by atoms with Crippen molar-refractivity contribution in [2.24, 2.45) is 0 Å². The van der Waals surface area contributed by atoms with Crippen molar-refractivity contribution < 1.29 is 19.4 Å². The number of para-hydroxylation sites is 1. The van der Waals surface area contributed by atoms with Gasteiger partial charge in [0.15, 0.2) is 0 Å². The summed E-state index contributed by atoms with van der Waals surface area (Å²) in [7, 11) is 0. The molecule has 0 spiro atoms. The first kappa shape index (κ1) is 17.1. The summed E-state index contributed by atoms with van der Waals surface area (Å²) in [6, 6.07) is 17.3. The quantitative estimate of drug-likeness (QED) is 0.770. The van der Waals surface area contributed by atoms with Crippen LogP contribution in [0, 0.1) is 0 Å². The maximum absolute atomic E-state index is 12.5. The molecule has 6 nitrogen and oxygen atoms in total. The van der Waals surface area contributed by atoms with Gasteiger partial charge in [-0.2, -0.15) is 0 Å². The Balaban J connectivity index is 1.56. The minimum Gasteiger partial charge on any atom is -0.480 e. The van der Waals surface area contributed by atoms with Gasteiger partial charge in [0.2, 0.25) is 0 Å². The van der Waals surface area contributed by atoms with Gasteiger partial charge in [-0.25, -0.2) is 4.79 Å². The molecule has 0 aliphatic carbocycles. The van der Waals surface area contributed by atoms with Gasteiger partial charge in [-0.05, 0) is 23.6 Å². The van der Waals surface area contributed by atoms with E-state index < -0.39 is 5.97 Å². The van der Waals surface area contributed by atoms with E-state index in [-0.39, 0.29) is 19.2 Å². The summed E-state index contributed by atoms with van der Waals surface area (Å²) < 4.78 is 7.23. The number of carboxylic acid groups (broad SMARTS) is 1. The zero-order chi connectivity index (χ0) is 18.8. The molecule has 0 atom stereocenters. The topological polar surface area (TPSA) is 71.8 Å². The Bertz CT molecular complexity index is 994. The van der Waals surface area contributed by atoms with Crippen LogP contribution in [0.4, 0.5) is 4.79 Å². The molecule has 2 heterocycles. The number of rotatable bonds is 4. The van der Waals surface area contributed by atoms with E-state index >= 15 is 0 Å². The van der Waals surface area contributed by atoms with E-state index in [1.54, 1.807) is 9.47 Å². The average molecular weight is 364 g/mol. The second-order valence-electron chi connectivity index (χ2n) is 6.63. The fourth-order valence-electron chi connectivity index (χ4n) is 3.68. The molecular weight excluding hydrogens is 344 g/mol. The number of fused-ring (bicyclic) bond motifs is 3. The predicted octanol–water partition coefficient (Wildman–Crippen LogP) is 3.42. The summed E-state index contributed by atoms with van der Waals surface area (Å²) >= 11 is 0. The molecule has 0 fully saturated rings. The van der Waals surface area contributed by atoms with Crippen molar-refractivity contribution in [3.63, 3.8) is 0 Å². The predicted molar refractivity (Wildman–Crippen MR) is 100 cm³/mol. The smallest absolute Gasteiger partial charge is 0.410 e. The fourth-order valence-corrected chi connectivity index (χ4v) is 3.68. The molecule has 138 valence electrons. The molecule has 0 saturated carbocycles. The molecule has 27 heavy (non-hydrogen) atoms. The highest BCUT2D eigenvalue weighted by atomic mass is 16.6. The Labute approximate surface area is 156 Å². The van der Waals surface area contributed by atoms with Crippen molar-refractivity contribution in [1.82, 2.24) is 9.47 Å². The third kappa shape index (κ3) is 3.38. The number of carbonyl (C=O) groups excluding carboxylic acids is 1. The summed E-state index contributed by atoms with van der Waals surface area (Å²) in [5.74, 6) is -0.901. The summed E-state index contributed by atoms with van der Waals surface area (Å²) in [6.45, 7) is 1.01. The Kier molecular flexibility index (Phi) is 4.54. The number of aliphatic carboxylic acids is 1. The Hall–Kier alpha value is -3.28. The summed E-state index contributed by atoms with van der Waals surface area (Å²) in [4.78, 5) is 25.5. The number of benzene rings is 2. The van der Waals surface area contributed by atoms with Crippen LogP contribution in [0.3, 0.4) is 0 Å². The molecule has 0 saturated heterocycles. The molecule has 2 aromatic carbocycles. The van der Waals surface area contributed by atoms with E-state index in [2.05, 4.69) is 0 Å². The number of carboxylic acids is 1. The van der Waals surface area contributed by atoms with Crippen LogP contribution < -0.4 is 0 Å². The first-order chi connectivity index (χ1) is 13.1. The van der Waals surface area contributed by atoms with Crippen molar-refractivity contribution in [2.75, 3.05) is 6.54 Å². The molecule has 0 bridgehead atoms. The highest BCUT2D eigenvalue weighted by molar-refractivity contribution is 5.87. The van der Waals surface area contributed by atoms with E-state index in [9.17, 15) is 14.7 Å². The lowest BCUT2D eigenvalue weighted by atomic mass is 10.0. The van der Waals surface area contributed by atoms with Crippen molar-refractivity contribution in [1.29, 1.82) is 0 Å². The average Bonchev–Trinajstić information content (AvgIpc) is 3.00. The van der Waals surface area contributed by atoms with Gasteiger partial charge in [0.05, 0.1) is 6.54 Å². The van der Waals surface area contributed by atoms with Crippen LogP contribution in [0.15, 0.2) is 54.6 Å². The molecule has 6 heteroatoms. The second kappa shape index (κ2) is 7.15. The minimum absolute atomic E-state index is 0.122. The lowest BCUT2D eigenvalue weighted by Gasteiger charge is -2.27. The normalized spacial score (nSPS) is 13.4. The molecule has 1 aliphatic heterocycles. The number of aromatic nitrogens is 1. The summed E-state index contributed by atoms with van der Waals surface area (Å²) in [5, 5.41) is 10.4. The molecule has 0 unspecified atom stereocenters. The van der Waals surface area contributed by atoms with Crippen LogP contribution in [0.5, 0.6) is 0 Å². The Morgan fingerprint density at radius 1 is 1.04 bits per heavy atom. The van der Waals surface area contributed by atoms with Gasteiger partial charge in [-0.1, -0.05) is 48.5 Å². The number of nitrogens with zero attached hydrogens (tertiary/aromatic N) is 2. The zero-order valence-corrected chi connectivity index (χ0v) is 14.8. The molecule has 1 N–H and O–H groups in total. The molecular formula is C21H20N2O4. The standard InChI is InChI=1S/C21H20N2O4/c24-20(25)13-23-18-9-5-4-8-16(18)17-10-11-22(12-19(17)23)21(26)27-14-15-6-2-1-3-7-15/h1-9H,10-14H2,(H,24,25). The van der Waals surface area contributed by atoms with E-state index in [4.69, 9.17) is 4.74 Å². The molecule has 4 rings (SSSR count). The molecule has 1 amide bonds. The SMILES string of the molecule is O=C(O)Cn1c2c(c3ccccc31)CCN(C(=O)OCc1ccccc1)C2. The zero-order valence-electron chi connectivity index (χ0n) is 14.8. The van der Waals surface area contributed by atoms with E-state index in [0.29, 0.717) is 19.5 Å². The third-order valence-corrected chi connectivity index (χ3v) is 4.92. The number of hydrogen-bond acceptors (Lipinski definition) is 3. The first-order valence-electron chi connectivity index (χ1n) is 8.90. The maximum atomic E-state index is 12.5. The van der Waals surface area contributed by atoms with Crippen molar-refractivity contribution in [2.45, 2.75) is 26.1 Å². The van der Waals surface area contributed by atoms with Crippen molar-refractivity contribution in [3.8, 4) is 0 Å². The monoisotopic (exact) mass is 364 g/mol. The van der Waals surface area contributed by atoms with Crippen LogP contribution in [-0.2, 0) is 35.6 Å². The van der Waals surface area contributed by atoms with Crippen LogP contribution in [0.1, 0.15) is 16.8 Å². The number of amides is 1. The highest BCUT2D eigenvalue weighted by Gasteiger charge is 2.27. The minimum atomic E-state index is -0.901. The number of hydrogen-bond donors (Lipinski definition) is 1. The van der Waals surface area contributed by atoms with E-state index in [1.807, 2.05) is 54.6 Å². The van der Waals surface area contributed by atoms with E-state index in [1.165, 1.54) is 0 Å². The van der Waals surface area contributed by atoms with Gasteiger partial charge < -0.3 is 19.3 Å². The first-order valence-corrected chi connectivity index (χ1v) is 8.90. The number of ether oxygens (including phenoxy) is 1. The fraction of sp³-hybridized carbons (Fsp3) is 0.238. The van der Waals surface area contributed by atoms with Gasteiger partial charge in [0.1, 0.15) is 13.2 Å².